The number of amides is 4. The van der Waals surface area contributed by atoms with Crippen LogP contribution in [0.5, 0.6) is 5.75 Å². The van der Waals surface area contributed by atoms with E-state index in [1.807, 2.05) is 6.92 Å². The first kappa shape index (κ1) is 24.0. The normalized spacial score (nSPS) is 25.8. The summed E-state index contributed by atoms with van der Waals surface area (Å²) in [5.41, 5.74) is 1.83. The Kier molecular flexibility index (Phi) is 6.68. The quantitative estimate of drug-likeness (QED) is 0.601. The number of nitrogens with zero attached hydrogens (tertiary/aromatic N) is 2. The summed E-state index contributed by atoms with van der Waals surface area (Å²) in [6.45, 7) is 1.71. The average molecular weight is 514 g/mol. The minimum Gasteiger partial charge on any atom is -0.497 e. The summed E-state index contributed by atoms with van der Waals surface area (Å²) in [5.74, 6) is 0.308. The van der Waals surface area contributed by atoms with Crippen molar-refractivity contribution in [3.05, 3.63) is 53.1 Å². The number of carbonyl (C=O) groups is 3. The molecule has 2 saturated heterocycles. The van der Waals surface area contributed by atoms with Crippen LogP contribution >= 0.6 is 23.4 Å². The Morgan fingerprint density at radius 3 is 2.77 bits per heavy atom. The summed E-state index contributed by atoms with van der Waals surface area (Å²) in [4.78, 5) is 43.6. The Morgan fingerprint density at radius 2 is 1.97 bits per heavy atom. The molecule has 4 amide bonds. The lowest BCUT2D eigenvalue weighted by Crippen LogP contribution is -2.65. The largest absolute Gasteiger partial charge is 0.497 e. The molecule has 3 aliphatic rings. The van der Waals surface area contributed by atoms with Crippen molar-refractivity contribution in [1.82, 2.24) is 4.90 Å². The van der Waals surface area contributed by atoms with E-state index >= 15 is 0 Å². The predicted molar refractivity (Wildman–Crippen MR) is 138 cm³/mol. The number of rotatable bonds is 5. The van der Waals surface area contributed by atoms with Crippen LogP contribution in [0.15, 0.2) is 42.5 Å². The van der Waals surface area contributed by atoms with E-state index < -0.39 is 11.3 Å². The van der Waals surface area contributed by atoms with Crippen molar-refractivity contribution >= 4 is 52.6 Å². The van der Waals surface area contributed by atoms with Crippen molar-refractivity contribution in [2.75, 3.05) is 23.9 Å². The maximum absolute atomic E-state index is 13.9. The van der Waals surface area contributed by atoms with Gasteiger partial charge in [0, 0.05) is 22.0 Å². The van der Waals surface area contributed by atoms with Crippen LogP contribution in [-0.4, -0.2) is 52.9 Å². The van der Waals surface area contributed by atoms with Gasteiger partial charge in [-0.2, -0.15) is 0 Å². The zero-order valence-electron chi connectivity index (χ0n) is 19.7. The van der Waals surface area contributed by atoms with Crippen molar-refractivity contribution in [2.24, 2.45) is 5.92 Å². The van der Waals surface area contributed by atoms with Gasteiger partial charge in [0.2, 0.25) is 11.8 Å². The number of hydrogen-bond donors (Lipinski definition) is 1. The Morgan fingerprint density at radius 1 is 1.17 bits per heavy atom. The van der Waals surface area contributed by atoms with Gasteiger partial charge in [0.25, 0.3) is 0 Å². The van der Waals surface area contributed by atoms with Crippen LogP contribution in [0.2, 0.25) is 5.02 Å². The van der Waals surface area contributed by atoms with Crippen LogP contribution in [0.1, 0.15) is 31.2 Å². The lowest BCUT2D eigenvalue weighted by atomic mass is 9.81. The van der Waals surface area contributed by atoms with Gasteiger partial charge in [0.15, 0.2) is 0 Å². The first-order valence-corrected chi connectivity index (χ1v) is 13.2. The molecule has 35 heavy (non-hydrogen) atoms. The first-order chi connectivity index (χ1) is 16.9. The number of benzene rings is 2. The van der Waals surface area contributed by atoms with Crippen molar-refractivity contribution in [3.8, 4) is 5.75 Å². The molecule has 1 saturated carbocycles. The highest BCUT2D eigenvalue weighted by Gasteiger charge is 2.57. The van der Waals surface area contributed by atoms with Crippen molar-refractivity contribution in [1.29, 1.82) is 0 Å². The summed E-state index contributed by atoms with van der Waals surface area (Å²) in [6, 6.07) is 11.5. The van der Waals surface area contributed by atoms with Gasteiger partial charge in [0.1, 0.15) is 17.5 Å². The van der Waals surface area contributed by atoms with Crippen LogP contribution in [0.4, 0.5) is 16.2 Å². The van der Waals surface area contributed by atoms with Gasteiger partial charge in [-0.15, -0.1) is 11.8 Å². The minimum atomic E-state index is -0.464. The van der Waals surface area contributed by atoms with E-state index in [0.29, 0.717) is 27.4 Å². The smallest absolute Gasteiger partial charge is 0.332 e. The summed E-state index contributed by atoms with van der Waals surface area (Å²) < 4.78 is 5.24. The molecule has 0 spiro atoms. The molecule has 0 aromatic heterocycles. The SMILES string of the molecule is COc1cccc(NC(=O)CN2C(=O)N(c3cc(Cl)ccc3C)C(=O)C3SC4CCCCC4C32)c1. The number of hydrogen-bond acceptors (Lipinski definition) is 5. The summed E-state index contributed by atoms with van der Waals surface area (Å²) >= 11 is 7.91. The van der Waals surface area contributed by atoms with Crippen LogP contribution < -0.4 is 15.0 Å². The van der Waals surface area contributed by atoms with Gasteiger partial charge in [0.05, 0.1) is 18.8 Å². The van der Waals surface area contributed by atoms with Gasteiger partial charge in [-0.25, -0.2) is 9.69 Å². The third-order valence-corrected chi connectivity index (χ3v) is 9.11. The highest BCUT2D eigenvalue weighted by molar-refractivity contribution is 8.01. The second-order valence-electron chi connectivity index (χ2n) is 9.33. The number of carbonyl (C=O) groups excluding carboxylic acids is 3. The maximum atomic E-state index is 13.9. The van der Waals surface area contributed by atoms with E-state index in [0.717, 1.165) is 31.2 Å². The highest BCUT2D eigenvalue weighted by atomic mass is 35.5. The van der Waals surface area contributed by atoms with Crippen molar-refractivity contribution in [3.63, 3.8) is 0 Å². The molecule has 1 N–H and O–H groups in total. The van der Waals surface area contributed by atoms with Crippen LogP contribution in [0.25, 0.3) is 0 Å². The number of ether oxygens (including phenoxy) is 1. The third-order valence-electron chi connectivity index (χ3n) is 7.16. The number of anilines is 2. The van der Waals surface area contributed by atoms with E-state index in [4.69, 9.17) is 16.3 Å². The molecular weight excluding hydrogens is 486 g/mol. The third kappa shape index (κ3) is 4.49. The van der Waals surface area contributed by atoms with Crippen LogP contribution in [0.3, 0.4) is 0 Å². The number of nitrogens with one attached hydrogen (secondary N) is 1. The Balaban J connectivity index is 1.47. The maximum Gasteiger partial charge on any atom is 0.332 e. The summed E-state index contributed by atoms with van der Waals surface area (Å²) in [7, 11) is 1.56. The lowest BCUT2D eigenvalue weighted by Gasteiger charge is -2.44. The molecule has 0 bridgehead atoms. The predicted octanol–water partition coefficient (Wildman–Crippen LogP) is 5.11. The fraction of sp³-hybridized carbons (Fsp3) is 0.423. The molecular formula is C26H28ClN3O4S. The van der Waals surface area contributed by atoms with Gasteiger partial charge < -0.3 is 15.0 Å². The molecule has 4 unspecified atom stereocenters. The molecule has 4 atom stereocenters. The van der Waals surface area contributed by atoms with E-state index in [9.17, 15) is 14.4 Å². The molecule has 5 rings (SSSR count). The Labute approximate surface area is 214 Å². The number of halogens is 1. The summed E-state index contributed by atoms with van der Waals surface area (Å²) in [5, 5.41) is 3.25. The second kappa shape index (κ2) is 9.74. The summed E-state index contributed by atoms with van der Waals surface area (Å²) in [6.07, 6.45) is 4.20. The van der Waals surface area contributed by atoms with Gasteiger partial charge in [-0.3, -0.25) is 9.59 Å². The number of thioether (sulfide) groups is 1. The zero-order chi connectivity index (χ0) is 24.7. The van der Waals surface area contributed by atoms with Crippen LogP contribution in [-0.2, 0) is 9.59 Å². The Bertz CT molecular complexity index is 1180. The van der Waals surface area contributed by atoms with Gasteiger partial charge in [-0.1, -0.05) is 36.6 Å². The lowest BCUT2D eigenvalue weighted by molar-refractivity contribution is -0.122. The monoisotopic (exact) mass is 513 g/mol. The number of imide groups is 1. The molecule has 0 radical (unpaired) electrons. The van der Waals surface area contributed by atoms with Gasteiger partial charge >= 0.3 is 6.03 Å². The molecule has 2 heterocycles. The molecule has 1 aliphatic carbocycles. The fourth-order valence-corrected chi connectivity index (χ4v) is 7.61. The number of fused-ring (bicyclic) bond motifs is 3. The van der Waals surface area contributed by atoms with Crippen LogP contribution in [0, 0.1) is 12.8 Å². The topological polar surface area (TPSA) is 79.0 Å². The molecule has 7 nitrogen and oxygen atoms in total. The number of methoxy groups -OCH3 is 1. The number of urea groups is 1. The zero-order valence-corrected chi connectivity index (χ0v) is 21.3. The minimum absolute atomic E-state index is 0.135. The first-order valence-electron chi connectivity index (χ1n) is 11.9. The molecule has 3 fully saturated rings. The van der Waals surface area contributed by atoms with E-state index in [1.54, 1.807) is 66.2 Å². The number of aryl methyl sites for hydroxylation is 1. The van der Waals surface area contributed by atoms with E-state index in [1.165, 1.54) is 4.90 Å². The van der Waals surface area contributed by atoms with Crippen molar-refractivity contribution < 1.29 is 19.1 Å². The highest BCUT2D eigenvalue weighted by Crippen LogP contribution is 2.51. The molecule has 2 aliphatic heterocycles. The second-order valence-corrected chi connectivity index (χ2v) is 11.2. The van der Waals surface area contributed by atoms with Gasteiger partial charge in [-0.05, 0) is 55.5 Å². The molecule has 2 aromatic carbocycles. The standard InChI is InChI=1S/C26H28ClN3O4S/c1-15-10-11-16(27)12-20(15)30-25(32)24-23(19-8-3-4-9-21(19)35-24)29(26(30)33)14-22(31)28-17-6-5-7-18(13-17)34-2/h5-7,10-13,19,21,23-24H,3-4,8-9,14H2,1-2H3,(H,28,31). The molecule has 184 valence electrons. The molecule has 2 aromatic rings. The average Bonchev–Trinajstić information content (AvgIpc) is 3.24. The van der Waals surface area contributed by atoms with E-state index in [2.05, 4.69) is 5.32 Å². The Hall–Kier alpha value is -2.71. The van der Waals surface area contributed by atoms with E-state index in [-0.39, 0.29) is 30.3 Å². The fourth-order valence-electron chi connectivity index (χ4n) is 5.53. The van der Waals surface area contributed by atoms with Crippen molar-refractivity contribution in [2.45, 2.75) is 49.1 Å². The molecule has 9 heteroatoms.